The van der Waals surface area contributed by atoms with Crippen molar-refractivity contribution in [3.8, 4) is 0 Å². The monoisotopic (exact) mass is 949 g/mol. The molecule has 0 saturated heterocycles. The van der Waals surface area contributed by atoms with Crippen LogP contribution in [0, 0.1) is 17.8 Å². The molecule has 370 valence electrons. The largest absolute Gasteiger partial charge is 0.481 e. The molecule has 9 N–H and O–H groups in total. The van der Waals surface area contributed by atoms with Gasteiger partial charge in [-0.1, -0.05) is 121 Å². The number of nitrogens with one attached hydrogen (secondary N) is 7. The van der Waals surface area contributed by atoms with Crippen LogP contribution in [0.4, 0.5) is 0 Å². The highest BCUT2D eigenvalue weighted by Crippen LogP contribution is 2.37. The van der Waals surface area contributed by atoms with E-state index in [9.17, 15) is 48.6 Å². The van der Waals surface area contributed by atoms with Gasteiger partial charge in [0.05, 0.1) is 6.42 Å². The number of hydrogen-bond donors (Lipinski definition) is 9. The molecule has 3 unspecified atom stereocenters. The van der Waals surface area contributed by atoms with Crippen molar-refractivity contribution in [3.63, 3.8) is 0 Å². The normalized spacial score (nSPS) is 15.8. The maximum absolute atomic E-state index is 14.6. The lowest BCUT2D eigenvalue weighted by molar-refractivity contribution is -0.142. The first-order chi connectivity index (χ1) is 32.8. The summed E-state index contributed by atoms with van der Waals surface area (Å²) >= 11 is 0. The maximum Gasteiger partial charge on any atom is 0.326 e. The van der Waals surface area contributed by atoms with Gasteiger partial charge in [0, 0.05) is 36.4 Å². The van der Waals surface area contributed by atoms with Gasteiger partial charge in [-0.05, 0) is 70.9 Å². The summed E-state index contributed by atoms with van der Waals surface area (Å²) in [7, 11) is 0. The number of aromatic nitrogens is 1. The minimum absolute atomic E-state index is 0.0460. The van der Waals surface area contributed by atoms with Crippen molar-refractivity contribution in [2.45, 2.75) is 136 Å². The summed E-state index contributed by atoms with van der Waals surface area (Å²) < 4.78 is 0. The molecular formula is C52H67N7O10. The Bertz CT molecular complexity index is 2460. The molecule has 17 heteroatoms. The molecule has 3 aromatic carbocycles. The summed E-state index contributed by atoms with van der Waals surface area (Å²) in [5, 5.41) is 37.0. The standard InChI is InChI=1S/C52H67N7O10/c1-8-29(5)44(49(65)57-41(52(68)69)25-34-27-53-38-21-15-14-18-35(34)38)59-50(66)45(30(6)9-2)58-48(64)40(26-42(61)62)55-47(63)39(24-28(3)4)56-51(67)46(54-31(7)60)43-36-19-12-10-16-32(36)22-23-33-17-11-13-20-37(33)43/h10-21,27-30,39-41,43-46,53H,8-9,22-26H2,1-7H3,(H,54,60)(H,55,63)(H,56,67)(H,57,65)(H,58,64)(H,59,66)(H,61,62)(H,68,69)/t29?,30?,39-,40-,41-,44-,45-,46?/m0/s1. The van der Waals surface area contributed by atoms with Crippen molar-refractivity contribution < 1.29 is 48.6 Å². The van der Waals surface area contributed by atoms with E-state index >= 15 is 0 Å². The SMILES string of the molecule is CCC(C)[C@H](NC(=O)[C@H](CC(=O)O)NC(=O)[C@H](CC(C)C)NC(=O)C(NC(C)=O)C1c2ccccc2CCc2ccccc21)C(=O)N[C@H](C(=O)N[C@@H](Cc1c[nH]c2ccccc12)C(=O)O)C(C)CC. The topological polar surface area (TPSA) is 265 Å². The second-order valence-electron chi connectivity index (χ2n) is 18.6. The van der Waals surface area contributed by atoms with E-state index in [1.54, 1.807) is 33.9 Å². The molecular weight excluding hydrogens is 883 g/mol. The van der Waals surface area contributed by atoms with Gasteiger partial charge in [-0.2, -0.15) is 0 Å². The molecule has 0 radical (unpaired) electrons. The molecule has 4 aromatic rings. The third-order valence-corrected chi connectivity index (χ3v) is 13.1. The van der Waals surface area contributed by atoms with E-state index in [1.165, 1.54) is 6.92 Å². The first-order valence-electron chi connectivity index (χ1n) is 23.8. The zero-order chi connectivity index (χ0) is 50.5. The van der Waals surface area contributed by atoms with Gasteiger partial charge in [-0.25, -0.2) is 4.79 Å². The van der Waals surface area contributed by atoms with E-state index < -0.39 is 108 Å². The van der Waals surface area contributed by atoms with E-state index in [1.807, 2.05) is 86.6 Å². The molecule has 0 spiro atoms. The predicted molar refractivity (Wildman–Crippen MR) is 260 cm³/mol. The smallest absolute Gasteiger partial charge is 0.326 e. The quantitative estimate of drug-likeness (QED) is 0.0510. The van der Waals surface area contributed by atoms with Crippen LogP contribution in [0.3, 0.4) is 0 Å². The molecule has 0 aliphatic heterocycles. The summed E-state index contributed by atoms with van der Waals surface area (Å²) in [6, 6.07) is 14.6. The van der Waals surface area contributed by atoms with Crippen molar-refractivity contribution >= 4 is 58.3 Å². The molecule has 1 aromatic heterocycles. The fourth-order valence-electron chi connectivity index (χ4n) is 8.95. The van der Waals surface area contributed by atoms with Gasteiger partial charge in [0.1, 0.15) is 36.3 Å². The summed E-state index contributed by atoms with van der Waals surface area (Å²) in [5.41, 5.74) is 5.18. The van der Waals surface area contributed by atoms with Gasteiger partial charge in [0.15, 0.2) is 0 Å². The van der Waals surface area contributed by atoms with Crippen molar-refractivity contribution in [2.75, 3.05) is 0 Å². The molecule has 6 amide bonds. The zero-order valence-corrected chi connectivity index (χ0v) is 40.4. The van der Waals surface area contributed by atoms with Crippen LogP contribution in [0.5, 0.6) is 0 Å². The van der Waals surface area contributed by atoms with Crippen molar-refractivity contribution in [2.24, 2.45) is 17.8 Å². The minimum Gasteiger partial charge on any atom is -0.481 e. The number of aliphatic carboxylic acids is 2. The minimum atomic E-state index is -1.72. The third kappa shape index (κ3) is 13.8. The Kier molecular flexibility index (Phi) is 18.6. The number of amides is 6. The van der Waals surface area contributed by atoms with Crippen LogP contribution in [-0.4, -0.2) is 98.8 Å². The Hall–Kier alpha value is -7.04. The first kappa shape index (κ1) is 52.9. The Labute approximate surface area is 402 Å². The van der Waals surface area contributed by atoms with Crippen LogP contribution in [-0.2, 0) is 57.6 Å². The van der Waals surface area contributed by atoms with Crippen LogP contribution in [0.15, 0.2) is 79.0 Å². The Morgan fingerprint density at radius 2 is 1.10 bits per heavy atom. The van der Waals surface area contributed by atoms with Gasteiger partial charge >= 0.3 is 11.9 Å². The molecule has 8 atom stereocenters. The summed E-state index contributed by atoms with van der Waals surface area (Å²) in [6.07, 6.45) is 3.00. The lowest BCUT2D eigenvalue weighted by Gasteiger charge is -2.32. The summed E-state index contributed by atoms with van der Waals surface area (Å²) in [4.78, 5) is 112. The summed E-state index contributed by atoms with van der Waals surface area (Å²) in [6.45, 7) is 11.9. The molecule has 0 bridgehead atoms. The van der Waals surface area contributed by atoms with Crippen molar-refractivity contribution in [3.05, 3.63) is 107 Å². The fraction of sp³-hybridized carbons (Fsp3) is 0.462. The van der Waals surface area contributed by atoms with E-state index in [0.717, 1.165) is 33.2 Å². The Morgan fingerprint density at radius 3 is 1.64 bits per heavy atom. The molecule has 1 aliphatic carbocycles. The van der Waals surface area contributed by atoms with E-state index in [2.05, 4.69) is 36.9 Å². The summed E-state index contributed by atoms with van der Waals surface area (Å²) in [5.74, 6) is -9.11. The second kappa shape index (κ2) is 24.3. The molecule has 1 heterocycles. The van der Waals surface area contributed by atoms with Crippen molar-refractivity contribution in [1.29, 1.82) is 0 Å². The molecule has 1 aliphatic rings. The van der Waals surface area contributed by atoms with E-state index in [-0.39, 0.29) is 18.8 Å². The van der Waals surface area contributed by atoms with E-state index in [0.29, 0.717) is 31.2 Å². The number of aromatic amines is 1. The number of para-hydroxylation sites is 1. The predicted octanol–water partition coefficient (Wildman–Crippen LogP) is 4.27. The molecule has 0 saturated carbocycles. The van der Waals surface area contributed by atoms with E-state index in [4.69, 9.17) is 0 Å². The number of H-pyrrole nitrogens is 1. The number of carbonyl (C=O) groups excluding carboxylic acids is 6. The lowest BCUT2D eigenvalue weighted by Crippen LogP contribution is -2.61. The number of fused-ring (bicyclic) bond motifs is 3. The lowest BCUT2D eigenvalue weighted by atomic mass is 9.82. The Balaban J connectivity index is 1.36. The van der Waals surface area contributed by atoms with Gasteiger partial charge < -0.3 is 47.1 Å². The number of carboxylic acids is 2. The second-order valence-corrected chi connectivity index (χ2v) is 18.6. The number of carbonyl (C=O) groups is 8. The highest BCUT2D eigenvalue weighted by atomic mass is 16.4. The highest BCUT2D eigenvalue weighted by Gasteiger charge is 2.39. The number of benzene rings is 3. The van der Waals surface area contributed by atoms with Gasteiger partial charge in [0.2, 0.25) is 35.4 Å². The third-order valence-electron chi connectivity index (χ3n) is 13.1. The maximum atomic E-state index is 14.6. The number of hydrogen-bond acceptors (Lipinski definition) is 8. The average Bonchev–Trinajstić information content (AvgIpc) is 3.64. The van der Waals surface area contributed by atoms with Gasteiger partial charge in [-0.3, -0.25) is 33.6 Å². The van der Waals surface area contributed by atoms with Crippen LogP contribution in [0.1, 0.15) is 108 Å². The van der Waals surface area contributed by atoms with Crippen LogP contribution >= 0.6 is 0 Å². The fourth-order valence-corrected chi connectivity index (χ4v) is 8.95. The number of rotatable bonds is 23. The Morgan fingerprint density at radius 1 is 0.609 bits per heavy atom. The molecule has 17 nitrogen and oxygen atoms in total. The first-order valence-corrected chi connectivity index (χ1v) is 23.8. The molecule has 0 fully saturated rings. The molecule has 69 heavy (non-hydrogen) atoms. The average molecular weight is 950 g/mol. The van der Waals surface area contributed by atoms with Crippen LogP contribution < -0.4 is 31.9 Å². The van der Waals surface area contributed by atoms with Crippen LogP contribution in [0.2, 0.25) is 0 Å². The van der Waals surface area contributed by atoms with Crippen molar-refractivity contribution in [1.82, 2.24) is 36.9 Å². The number of aryl methyl sites for hydroxylation is 2. The zero-order valence-electron chi connectivity index (χ0n) is 40.4. The molecule has 5 rings (SSSR count). The van der Waals surface area contributed by atoms with Gasteiger partial charge in [-0.15, -0.1) is 0 Å². The van der Waals surface area contributed by atoms with Crippen LogP contribution in [0.25, 0.3) is 10.9 Å². The highest BCUT2D eigenvalue weighted by molar-refractivity contribution is 5.98. The van der Waals surface area contributed by atoms with Gasteiger partial charge in [0.25, 0.3) is 0 Å². The number of carboxylic acid groups (broad SMARTS) is 2.